The zero-order valence-electron chi connectivity index (χ0n) is 25.4. The number of hydrogen-bond donors (Lipinski definition) is 2. The van der Waals surface area contributed by atoms with Gasteiger partial charge in [0.05, 0.1) is 13.0 Å². The standard InChI is InChI=1S/C31H49N3O6/c1-9-12-13-19-34(29(37)25(20-22(4)5)33-30(38)40-31(6,7)8)27(24-16-14-15-23(10-2)21-24)28(36)32-18-17-26(35)39-11-3/h10,14-16,21-22,25,27H,2,9,11-13,17-20H2,1,3-8H3,(H,32,36)(H,33,38). The van der Waals surface area contributed by atoms with Crippen molar-refractivity contribution >= 4 is 30.0 Å². The van der Waals surface area contributed by atoms with Crippen LogP contribution in [0.1, 0.15) is 97.7 Å². The number of benzene rings is 1. The summed E-state index contributed by atoms with van der Waals surface area (Å²) in [5.41, 5.74) is 0.674. The lowest BCUT2D eigenvalue weighted by Gasteiger charge is -2.35. The molecule has 0 fully saturated rings. The summed E-state index contributed by atoms with van der Waals surface area (Å²) in [4.78, 5) is 54.0. The summed E-state index contributed by atoms with van der Waals surface area (Å²) in [5.74, 6) is -1.12. The van der Waals surface area contributed by atoms with E-state index in [0.717, 1.165) is 18.4 Å². The SMILES string of the molecule is C=Cc1cccc(C(C(=O)NCCC(=O)OCC)N(CCCCC)C(=O)C(CC(C)C)NC(=O)OC(C)(C)C)c1. The van der Waals surface area contributed by atoms with Crippen molar-refractivity contribution in [1.82, 2.24) is 15.5 Å². The largest absolute Gasteiger partial charge is 0.466 e. The van der Waals surface area contributed by atoms with E-state index >= 15 is 0 Å². The van der Waals surface area contributed by atoms with E-state index in [1.165, 1.54) is 0 Å². The Kier molecular flexibility index (Phi) is 15.0. The Bertz CT molecular complexity index is 986. The fourth-order valence-electron chi connectivity index (χ4n) is 4.19. The fraction of sp³-hybridized carbons (Fsp3) is 0.613. The quantitative estimate of drug-likeness (QED) is 0.207. The second-order valence-corrected chi connectivity index (χ2v) is 11.2. The lowest BCUT2D eigenvalue weighted by atomic mass is 9.97. The monoisotopic (exact) mass is 559 g/mol. The van der Waals surface area contributed by atoms with E-state index < -0.39 is 35.7 Å². The molecule has 0 aliphatic carbocycles. The lowest BCUT2D eigenvalue weighted by molar-refractivity contribution is -0.144. The van der Waals surface area contributed by atoms with Gasteiger partial charge in [-0.3, -0.25) is 14.4 Å². The molecule has 9 heteroatoms. The van der Waals surface area contributed by atoms with Crippen molar-refractivity contribution < 1.29 is 28.7 Å². The third kappa shape index (κ3) is 12.7. The Labute approximate surface area is 240 Å². The topological polar surface area (TPSA) is 114 Å². The first kappa shape index (κ1) is 34.7. The molecule has 40 heavy (non-hydrogen) atoms. The maximum atomic E-state index is 14.2. The maximum absolute atomic E-state index is 14.2. The fourth-order valence-corrected chi connectivity index (χ4v) is 4.19. The molecule has 1 aromatic rings. The number of alkyl carbamates (subject to hydrolysis) is 1. The third-order valence-electron chi connectivity index (χ3n) is 5.94. The molecule has 3 amide bonds. The first-order chi connectivity index (χ1) is 18.8. The van der Waals surface area contributed by atoms with Gasteiger partial charge in [0.15, 0.2) is 0 Å². The van der Waals surface area contributed by atoms with Crippen molar-refractivity contribution in [2.45, 2.75) is 98.3 Å². The zero-order chi connectivity index (χ0) is 30.3. The molecule has 9 nitrogen and oxygen atoms in total. The summed E-state index contributed by atoms with van der Waals surface area (Å²) in [6.07, 6.45) is 3.83. The van der Waals surface area contributed by atoms with Crippen molar-refractivity contribution in [3.8, 4) is 0 Å². The van der Waals surface area contributed by atoms with Crippen LogP contribution in [0.4, 0.5) is 4.79 Å². The van der Waals surface area contributed by atoms with Crippen LogP contribution < -0.4 is 10.6 Å². The zero-order valence-corrected chi connectivity index (χ0v) is 25.4. The highest BCUT2D eigenvalue weighted by Crippen LogP contribution is 2.26. The Morgan fingerprint density at radius 3 is 2.38 bits per heavy atom. The number of amides is 3. The molecule has 0 bridgehead atoms. The van der Waals surface area contributed by atoms with Crippen molar-refractivity contribution in [2.24, 2.45) is 5.92 Å². The highest BCUT2D eigenvalue weighted by molar-refractivity contribution is 5.92. The van der Waals surface area contributed by atoms with E-state index in [1.54, 1.807) is 44.7 Å². The smallest absolute Gasteiger partial charge is 0.408 e. The van der Waals surface area contributed by atoms with E-state index in [-0.39, 0.29) is 31.4 Å². The number of nitrogens with zero attached hydrogens (tertiary/aromatic N) is 1. The van der Waals surface area contributed by atoms with Gasteiger partial charge in [0.25, 0.3) is 0 Å². The predicted molar refractivity (Wildman–Crippen MR) is 157 cm³/mol. The van der Waals surface area contributed by atoms with Crippen LogP contribution in [0.25, 0.3) is 6.08 Å². The molecule has 0 aliphatic heterocycles. The van der Waals surface area contributed by atoms with Crippen LogP contribution in [-0.2, 0) is 23.9 Å². The minimum absolute atomic E-state index is 0.0128. The highest BCUT2D eigenvalue weighted by atomic mass is 16.6. The number of rotatable bonds is 16. The normalized spacial score (nSPS) is 12.7. The second-order valence-electron chi connectivity index (χ2n) is 11.2. The van der Waals surface area contributed by atoms with Crippen molar-refractivity contribution in [2.75, 3.05) is 19.7 Å². The van der Waals surface area contributed by atoms with Crippen molar-refractivity contribution in [1.29, 1.82) is 0 Å². The van der Waals surface area contributed by atoms with Gasteiger partial charge in [0.2, 0.25) is 11.8 Å². The van der Waals surface area contributed by atoms with Gasteiger partial charge in [-0.25, -0.2) is 4.79 Å². The average Bonchev–Trinajstić information content (AvgIpc) is 2.86. The molecule has 0 heterocycles. The van der Waals surface area contributed by atoms with Crippen LogP contribution in [0.2, 0.25) is 0 Å². The van der Waals surface area contributed by atoms with E-state index in [9.17, 15) is 19.2 Å². The van der Waals surface area contributed by atoms with Gasteiger partial charge in [-0.2, -0.15) is 0 Å². The van der Waals surface area contributed by atoms with Gasteiger partial charge in [-0.05, 0) is 63.6 Å². The first-order valence-corrected chi connectivity index (χ1v) is 14.3. The molecule has 1 aromatic carbocycles. The summed E-state index contributed by atoms with van der Waals surface area (Å²) in [5, 5.41) is 5.57. The molecule has 0 saturated carbocycles. The van der Waals surface area contributed by atoms with Gasteiger partial charge in [-0.1, -0.05) is 64.5 Å². The Morgan fingerprint density at radius 1 is 1.10 bits per heavy atom. The van der Waals surface area contributed by atoms with E-state index in [1.807, 2.05) is 32.0 Å². The summed E-state index contributed by atoms with van der Waals surface area (Å²) in [7, 11) is 0. The summed E-state index contributed by atoms with van der Waals surface area (Å²) < 4.78 is 10.4. The van der Waals surface area contributed by atoms with E-state index in [4.69, 9.17) is 9.47 Å². The number of ether oxygens (including phenoxy) is 2. The average molecular weight is 560 g/mol. The summed E-state index contributed by atoms with van der Waals surface area (Å²) >= 11 is 0. The number of nitrogens with one attached hydrogen (secondary N) is 2. The van der Waals surface area contributed by atoms with Gasteiger partial charge in [-0.15, -0.1) is 0 Å². The minimum atomic E-state index is -0.985. The molecule has 0 radical (unpaired) electrons. The summed E-state index contributed by atoms with van der Waals surface area (Å²) in [6, 6.07) is 5.41. The first-order valence-electron chi connectivity index (χ1n) is 14.3. The van der Waals surface area contributed by atoms with Crippen LogP contribution in [0, 0.1) is 5.92 Å². The van der Waals surface area contributed by atoms with Gasteiger partial charge >= 0.3 is 12.1 Å². The van der Waals surface area contributed by atoms with Crippen LogP contribution >= 0.6 is 0 Å². The van der Waals surface area contributed by atoms with Gasteiger partial charge < -0.3 is 25.0 Å². The molecular weight excluding hydrogens is 510 g/mol. The van der Waals surface area contributed by atoms with E-state index in [0.29, 0.717) is 24.9 Å². The Balaban J connectivity index is 3.48. The molecule has 0 spiro atoms. The molecule has 0 aliphatic rings. The number of unbranched alkanes of at least 4 members (excludes halogenated alkanes) is 2. The molecule has 1 rings (SSSR count). The number of esters is 1. The lowest BCUT2D eigenvalue weighted by Crippen LogP contribution is -2.53. The molecule has 2 N–H and O–H groups in total. The minimum Gasteiger partial charge on any atom is -0.466 e. The predicted octanol–water partition coefficient (Wildman–Crippen LogP) is 5.40. The molecule has 224 valence electrons. The number of hydrogen-bond acceptors (Lipinski definition) is 6. The second kappa shape index (κ2) is 17.4. The van der Waals surface area contributed by atoms with Crippen LogP contribution in [0.3, 0.4) is 0 Å². The van der Waals surface area contributed by atoms with Crippen molar-refractivity contribution in [3.63, 3.8) is 0 Å². The van der Waals surface area contributed by atoms with Crippen LogP contribution in [0.15, 0.2) is 30.8 Å². The molecule has 2 atom stereocenters. The van der Waals surface area contributed by atoms with Crippen LogP contribution in [-0.4, -0.2) is 60.1 Å². The number of carbonyl (C=O) groups excluding carboxylic acids is 4. The molecule has 0 aromatic heterocycles. The van der Waals surface area contributed by atoms with Crippen LogP contribution in [0.5, 0.6) is 0 Å². The summed E-state index contributed by atoms with van der Waals surface area (Å²) in [6.45, 7) is 17.4. The Hall–Kier alpha value is -3.36. The maximum Gasteiger partial charge on any atom is 0.408 e. The van der Waals surface area contributed by atoms with E-state index in [2.05, 4.69) is 24.1 Å². The van der Waals surface area contributed by atoms with Gasteiger partial charge in [0, 0.05) is 13.1 Å². The molecule has 0 saturated heterocycles. The molecule has 2 unspecified atom stereocenters. The van der Waals surface area contributed by atoms with Gasteiger partial charge in [0.1, 0.15) is 17.7 Å². The molecular formula is C31H49N3O6. The third-order valence-corrected chi connectivity index (χ3v) is 5.94. The number of carbonyl (C=O) groups is 4. The highest BCUT2D eigenvalue weighted by Gasteiger charge is 2.36. The van der Waals surface area contributed by atoms with Crippen molar-refractivity contribution in [3.05, 3.63) is 42.0 Å². The Morgan fingerprint density at radius 2 is 1.80 bits per heavy atom.